The first-order valence-corrected chi connectivity index (χ1v) is 5.87. The van der Waals surface area contributed by atoms with Crippen LogP contribution in [-0.2, 0) is 11.3 Å². The van der Waals surface area contributed by atoms with Gasteiger partial charge in [0.25, 0.3) is 0 Å². The Labute approximate surface area is 101 Å². The summed E-state index contributed by atoms with van der Waals surface area (Å²) in [6, 6.07) is 5.55. The quantitative estimate of drug-likeness (QED) is 0.744. The molecule has 92 valence electrons. The number of hydrogen-bond acceptors (Lipinski definition) is 3. The lowest BCUT2D eigenvalue weighted by Gasteiger charge is -2.24. The first-order valence-electron chi connectivity index (χ1n) is 5.87. The molecular weight excluding hydrogens is 218 g/mol. The predicted molar refractivity (Wildman–Crippen MR) is 63.6 cm³/mol. The van der Waals surface area contributed by atoms with E-state index in [1.54, 1.807) is 13.2 Å². The van der Waals surface area contributed by atoms with Gasteiger partial charge < -0.3 is 14.4 Å². The van der Waals surface area contributed by atoms with Crippen molar-refractivity contribution in [3.63, 3.8) is 0 Å². The molecule has 0 spiro atoms. The molecule has 0 radical (unpaired) electrons. The highest BCUT2D eigenvalue weighted by Gasteiger charge is 2.16. The van der Waals surface area contributed by atoms with Gasteiger partial charge in [-0.3, -0.25) is 4.79 Å². The minimum Gasteiger partial charge on any atom is -0.496 e. The van der Waals surface area contributed by atoms with Gasteiger partial charge >= 0.3 is 0 Å². The Morgan fingerprint density at radius 3 is 2.82 bits per heavy atom. The second-order valence-electron chi connectivity index (χ2n) is 4.23. The molecule has 1 N–H and O–H groups in total. The summed E-state index contributed by atoms with van der Waals surface area (Å²) in [4.78, 5) is 12.3. The maximum absolute atomic E-state index is 10.8. The van der Waals surface area contributed by atoms with Crippen LogP contribution in [0, 0.1) is 0 Å². The smallest absolute Gasteiger partial charge is 0.150 e. The van der Waals surface area contributed by atoms with Gasteiger partial charge in [0.05, 0.1) is 20.3 Å². The molecular formula is C13H18NO3+. The van der Waals surface area contributed by atoms with E-state index in [1.807, 2.05) is 12.1 Å². The summed E-state index contributed by atoms with van der Waals surface area (Å²) in [5, 5.41) is 0. The van der Waals surface area contributed by atoms with E-state index in [1.165, 1.54) is 4.90 Å². The van der Waals surface area contributed by atoms with Gasteiger partial charge in [-0.2, -0.15) is 0 Å². The first kappa shape index (κ1) is 12.1. The van der Waals surface area contributed by atoms with Gasteiger partial charge in [-0.25, -0.2) is 0 Å². The zero-order valence-electron chi connectivity index (χ0n) is 10.1. The summed E-state index contributed by atoms with van der Waals surface area (Å²) in [5.41, 5.74) is 1.79. The largest absolute Gasteiger partial charge is 0.496 e. The minimum absolute atomic E-state index is 0.702. The third-order valence-electron chi connectivity index (χ3n) is 3.08. The fraction of sp³-hybridized carbons (Fsp3) is 0.462. The Hall–Kier alpha value is -1.39. The van der Waals surface area contributed by atoms with Crippen molar-refractivity contribution in [3.8, 4) is 5.75 Å². The van der Waals surface area contributed by atoms with E-state index < -0.39 is 0 Å². The Balaban J connectivity index is 2.13. The molecule has 1 aromatic rings. The molecule has 1 fully saturated rings. The van der Waals surface area contributed by atoms with Crippen molar-refractivity contribution >= 4 is 6.29 Å². The zero-order valence-corrected chi connectivity index (χ0v) is 10.1. The standard InChI is InChI=1S/C13H17NO3/c1-16-13-3-2-11(10-15)8-12(13)9-14-4-6-17-7-5-14/h2-3,8,10H,4-7,9H2,1H3/p+1. The molecule has 1 heterocycles. The van der Waals surface area contributed by atoms with Crippen LogP contribution >= 0.6 is 0 Å². The maximum atomic E-state index is 10.8. The highest BCUT2D eigenvalue weighted by Crippen LogP contribution is 2.18. The van der Waals surface area contributed by atoms with Gasteiger partial charge in [0.2, 0.25) is 0 Å². The van der Waals surface area contributed by atoms with Crippen LogP contribution in [0.4, 0.5) is 0 Å². The fourth-order valence-electron chi connectivity index (χ4n) is 2.12. The molecule has 1 aliphatic rings. The molecule has 17 heavy (non-hydrogen) atoms. The molecule has 4 nitrogen and oxygen atoms in total. The Morgan fingerprint density at radius 1 is 1.41 bits per heavy atom. The van der Waals surface area contributed by atoms with E-state index in [4.69, 9.17) is 9.47 Å². The van der Waals surface area contributed by atoms with Gasteiger partial charge in [0.15, 0.2) is 0 Å². The van der Waals surface area contributed by atoms with Crippen molar-refractivity contribution in [1.82, 2.24) is 0 Å². The number of methoxy groups -OCH3 is 1. The van der Waals surface area contributed by atoms with E-state index in [9.17, 15) is 4.79 Å². The number of quaternary nitrogens is 1. The molecule has 0 aromatic heterocycles. The molecule has 1 saturated heterocycles. The van der Waals surface area contributed by atoms with Gasteiger partial charge in [0.1, 0.15) is 31.7 Å². The van der Waals surface area contributed by atoms with Crippen LogP contribution in [0.15, 0.2) is 18.2 Å². The lowest BCUT2D eigenvalue weighted by molar-refractivity contribution is -0.921. The van der Waals surface area contributed by atoms with Crippen molar-refractivity contribution in [3.05, 3.63) is 29.3 Å². The van der Waals surface area contributed by atoms with Gasteiger partial charge in [-0.15, -0.1) is 0 Å². The summed E-state index contributed by atoms with van der Waals surface area (Å²) in [7, 11) is 1.66. The third-order valence-corrected chi connectivity index (χ3v) is 3.08. The first-order chi connectivity index (χ1) is 8.33. The van der Waals surface area contributed by atoms with E-state index >= 15 is 0 Å². The number of carbonyl (C=O) groups is 1. The second-order valence-corrected chi connectivity index (χ2v) is 4.23. The van der Waals surface area contributed by atoms with Gasteiger partial charge in [0, 0.05) is 11.1 Å². The Bertz CT molecular complexity index is 386. The average Bonchev–Trinajstić information content (AvgIpc) is 2.40. The van der Waals surface area contributed by atoms with E-state index in [0.29, 0.717) is 5.56 Å². The van der Waals surface area contributed by atoms with E-state index in [2.05, 4.69) is 0 Å². The number of benzene rings is 1. The minimum atomic E-state index is 0.702. The number of carbonyl (C=O) groups excluding carboxylic acids is 1. The normalized spacial score (nSPS) is 16.8. The number of hydrogen-bond donors (Lipinski definition) is 1. The number of rotatable bonds is 4. The highest BCUT2D eigenvalue weighted by molar-refractivity contribution is 5.75. The molecule has 1 aliphatic heterocycles. The summed E-state index contributed by atoms with van der Waals surface area (Å²) >= 11 is 0. The third kappa shape index (κ3) is 3.05. The van der Waals surface area contributed by atoms with Gasteiger partial charge in [-0.1, -0.05) is 0 Å². The average molecular weight is 236 g/mol. The molecule has 0 unspecified atom stereocenters. The summed E-state index contributed by atoms with van der Waals surface area (Å²) in [6.45, 7) is 4.52. The van der Waals surface area contributed by atoms with Crippen molar-refractivity contribution in [2.24, 2.45) is 0 Å². The van der Waals surface area contributed by atoms with Crippen LogP contribution in [0.1, 0.15) is 15.9 Å². The second kappa shape index (κ2) is 5.80. The molecule has 0 bridgehead atoms. The van der Waals surface area contributed by atoms with Crippen molar-refractivity contribution in [2.75, 3.05) is 33.4 Å². The zero-order chi connectivity index (χ0) is 12.1. The number of nitrogens with one attached hydrogen (secondary N) is 1. The van der Waals surface area contributed by atoms with E-state index in [-0.39, 0.29) is 0 Å². The molecule has 0 atom stereocenters. The molecule has 0 amide bonds. The lowest BCUT2D eigenvalue weighted by atomic mass is 10.1. The molecule has 4 heteroatoms. The van der Waals surface area contributed by atoms with Crippen LogP contribution < -0.4 is 9.64 Å². The molecule has 2 rings (SSSR count). The SMILES string of the molecule is COc1ccc(C=O)cc1C[NH+]1CCOCC1. The molecule has 0 aliphatic carbocycles. The van der Waals surface area contributed by atoms with Crippen molar-refractivity contribution in [2.45, 2.75) is 6.54 Å². The van der Waals surface area contributed by atoms with E-state index in [0.717, 1.165) is 50.4 Å². The van der Waals surface area contributed by atoms with Crippen LogP contribution in [0.3, 0.4) is 0 Å². The number of ether oxygens (including phenoxy) is 2. The summed E-state index contributed by atoms with van der Waals surface area (Å²) in [5.74, 6) is 0.856. The Kier molecular flexibility index (Phi) is 4.12. The number of aldehydes is 1. The maximum Gasteiger partial charge on any atom is 0.150 e. The fourth-order valence-corrected chi connectivity index (χ4v) is 2.12. The van der Waals surface area contributed by atoms with Crippen molar-refractivity contribution in [1.29, 1.82) is 0 Å². The molecule has 0 saturated carbocycles. The van der Waals surface area contributed by atoms with Crippen LogP contribution in [0.2, 0.25) is 0 Å². The van der Waals surface area contributed by atoms with Crippen molar-refractivity contribution < 1.29 is 19.2 Å². The topological polar surface area (TPSA) is 40.0 Å². The predicted octanol–water partition coefficient (Wildman–Crippen LogP) is -0.0772. The van der Waals surface area contributed by atoms with Crippen LogP contribution in [0.5, 0.6) is 5.75 Å². The van der Waals surface area contributed by atoms with Gasteiger partial charge in [-0.05, 0) is 18.2 Å². The van der Waals surface area contributed by atoms with Crippen LogP contribution in [0.25, 0.3) is 0 Å². The summed E-state index contributed by atoms with van der Waals surface area (Å²) < 4.78 is 10.7. The lowest BCUT2D eigenvalue weighted by Crippen LogP contribution is -3.12. The molecule has 1 aromatic carbocycles. The summed E-state index contributed by atoms with van der Waals surface area (Å²) in [6.07, 6.45) is 0.873. The number of morpholine rings is 1. The van der Waals surface area contributed by atoms with Crippen LogP contribution in [-0.4, -0.2) is 39.7 Å². The Morgan fingerprint density at radius 2 is 2.18 bits per heavy atom. The monoisotopic (exact) mass is 236 g/mol. The highest BCUT2D eigenvalue weighted by atomic mass is 16.5.